The van der Waals surface area contributed by atoms with Crippen LogP contribution < -0.4 is 10.1 Å². The van der Waals surface area contributed by atoms with Crippen LogP contribution in [0.5, 0.6) is 5.75 Å². The van der Waals surface area contributed by atoms with Crippen molar-refractivity contribution in [3.8, 4) is 5.75 Å². The molecule has 1 unspecified atom stereocenters. The van der Waals surface area contributed by atoms with Crippen molar-refractivity contribution in [3.05, 3.63) is 24.3 Å². The SMILES string of the molecule is O=C(Nc1cccc(OC(F)(F)F)c1)C1CCCO1. The molecule has 0 bridgehead atoms. The summed E-state index contributed by atoms with van der Waals surface area (Å²) in [6.45, 7) is 0.523. The van der Waals surface area contributed by atoms with Crippen molar-refractivity contribution in [2.24, 2.45) is 0 Å². The van der Waals surface area contributed by atoms with E-state index in [4.69, 9.17) is 4.74 Å². The lowest BCUT2D eigenvalue weighted by molar-refractivity contribution is -0.274. The first-order valence-corrected chi connectivity index (χ1v) is 5.72. The molecule has 0 aromatic heterocycles. The second kappa shape index (κ2) is 5.48. The van der Waals surface area contributed by atoms with Crippen LogP contribution in [0.15, 0.2) is 24.3 Å². The highest BCUT2D eigenvalue weighted by molar-refractivity contribution is 5.94. The molecule has 1 atom stereocenters. The van der Waals surface area contributed by atoms with Crippen LogP contribution in [0, 0.1) is 0 Å². The molecule has 1 aromatic rings. The standard InChI is InChI=1S/C12H12F3NO3/c13-12(14,15)19-9-4-1-3-8(7-9)16-11(17)10-5-2-6-18-10/h1,3-4,7,10H,2,5-6H2,(H,16,17). The van der Waals surface area contributed by atoms with Gasteiger partial charge in [0.05, 0.1) is 0 Å². The molecule has 0 saturated carbocycles. The van der Waals surface area contributed by atoms with Gasteiger partial charge in [-0.1, -0.05) is 6.07 Å². The zero-order chi connectivity index (χ0) is 13.9. The Bertz CT molecular complexity index is 456. The van der Waals surface area contributed by atoms with Crippen LogP contribution in [0.4, 0.5) is 18.9 Å². The molecule has 4 nitrogen and oxygen atoms in total. The summed E-state index contributed by atoms with van der Waals surface area (Å²) in [7, 11) is 0. The van der Waals surface area contributed by atoms with Crippen molar-refractivity contribution >= 4 is 11.6 Å². The number of rotatable bonds is 3. The van der Waals surface area contributed by atoms with Crippen molar-refractivity contribution in [1.29, 1.82) is 0 Å². The quantitative estimate of drug-likeness (QED) is 0.922. The fraction of sp³-hybridized carbons (Fsp3) is 0.417. The third-order valence-corrected chi connectivity index (χ3v) is 2.56. The van der Waals surface area contributed by atoms with Gasteiger partial charge in [0.1, 0.15) is 11.9 Å². The molecule has 1 aliphatic heterocycles. The number of ether oxygens (including phenoxy) is 2. The molecule has 2 rings (SSSR count). The maximum atomic E-state index is 12.1. The summed E-state index contributed by atoms with van der Waals surface area (Å²) in [6.07, 6.45) is -3.87. The van der Waals surface area contributed by atoms with E-state index in [1.54, 1.807) is 0 Å². The molecule has 1 fully saturated rings. The summed E-state index contributed by atoms with van der Waals surface area (Å²) in [6, 6.07) is 5.12. The normalized spacial score (nSPS) is 19.2. The molecule has 1 aliphatic rings. The smallest absolute Gasteiger partial charge is 0.406 e. The Morgan fingerprint density at radius 1 is 1.42 bits per heavy atom. The number of nitrogens with one attached hydrogen (secondary N) is 1. The maximum Gasteiger partial charge on any atom is 0.573 e. The average molecular weight is 275 g/mol. The summed E-state index contributed by atoms with van der Waals surface area (Å²) in [5.41, 5.74) is 0.238. The molecule has 1 N–H and O–H groups in total. The number of anilines is 1. The number of hydrogen-bond donors (Lipinski definition) is 1. The molecular weight excluding hydrogens is 263 g/mol. The first-order valence-electron chi connectivity index (χ1n) is 5.72. The molecule has 1 aromatic carbocycles. The summed E-state index contributed by atoms with van der Waals surface area (Å²) in [5, 5.41) is 2.50. The van der Waals surface area contributed by atoms with Crippen LogP contribution >= 0.6 is 0 Å². The predicted molar refractivity (Wildman–Crippen MR) is 60.7 cm³/mol. The van der Waals surface area contributed by atoms with E-state index >= 15 is 0 Å². The monoisotopic (exact) mass is 275 g/mol. The Labute approximate surface area is 107 Å². The van der Waals surface area contributed by atoms with E-state index in [1.807, 2.05) is 0 Å². The minimum atomic E-state index is -4.75. The fourth-order valence-corrected chi connectivity index (χ4v) is 1.78. The first kappa shape index (κ1) is 13.7. The van der Waals surface area contributed by atoms with Gasteiger partial charge < -0.3 is 14.8 Å². The number of alkyl halides is 3. The summed E-state index contributed by atoms with van der Waals surface area (Å²) < 4.78 is 45.1. The van der Waals surface area contributed by atoms with E-state index in [0.717, 1.165) is 18.6 Å². The van der Waals surface area contributed by atoms with Gasteiger partial charge in [0.25, 0.3) is 5.91 Å². The minimum absolute atomic E-state index is 0.238. The second-order valence-corrected chi connectivity index (χ2v) is 4.07. The van der Waals surface area contributed by atoms with Crippen molar-refractivity contribution < 1.29 is 27.4 Å². The first-order chi connectivity index (χ1) is 8.94. The highest BCUT2D eigenvalue weighted by Gasteiger charge is 2.31. The lowest BCUT2D eigenvalue weighted by Crippen LogP contribution is -2.26. The Morgan fingerprint density at radius 3 is 2.84 bits per heavy atom. The average Bonchev–Trinajstić information content (AvgIpc) is 2.80. The fourth-order valence-electron chi connectivity index (χ4n) is 1.78. The Balaban J connectivity index is 2.00. The highest BCUT2D eigenvalue weighted by Crippen LogP contribution is 2.25. The van der Waals surface area contributed by atoms with Gasteiger partial charge >= 0.3 is 6.36 Å². The van der Waals surface area contributed by atoms with Gasteiger partial charge in [-0.3, -0.25) is 4.79 Å². The summed E-state index contributed by atoms with van der Waals surface area (Å²) in [5.74, 6) is -0.737. The van der Waals surface area contributed by atoms with Crippen LogP contribution in [0.3, 0.4) is 0 Å². The molecule has 1 heterocycles. The molecule has 1 amide bonds. The topological polar surface area (TPSA) is 47.6 Å². The Morgan fingerprint density at radius 2 is 2.21 bits per heavy atom. The highest BCUT2D eigenvalue weighted by atomic mass is 19.4. The molecule has 0 aliphatic carbocycles. The van der Waals surface area contributed by atoms with E-state index in [0.29, 0.717) is 13.0 Å². The molecule has 0 spiro atoms. The van der Waals surface area contributed by atoms with E-state index < -0.39 is 12.5 Å². The number of hydrogen-bond acceptors (Lipinski definition) is 3. The number of carbonyl (C=O) groups is 1. The van der Waals surface area contributed by atoms with Gasteiger partial charge in [0.2, 0.25) is 0 Å². The Kier molecular flexibility index (Phi) is 3.94. The van der Waals surface area contributed by atoms with Crippen LogP contribution in [0.1, 0.15) is 12.8 Å². The summed E-state index contributed by atoms with van der Waals surface area (Å²) in [4.78, 5) is 11.7. The zero-order valence-corrected chi connectivity index (χ0v) is 9.87. The van der Waals surface area contributed by atoms with Gasteiger partial charge in [-0.15, -0.1) is 13.2 Å². The molecule has 7 heteroatoms. The van der Waals surface area contributed by atoms with E-state index in [9.17, 15) is 18.0 Å². The van der Waals surface area contributed by atoms with Crippen molar-refractivity contribution in [2.45, 2.75) is 25.3 Å². The largest absolute Gasteiger partial charge is 0.573 e. The van der Waals surface area contributed by atoms with Gasteiger partial charge in [-0.25, -0.2) is 0 Å². The Hall–Kier alpha value is -1.76. The van der Waals surface area contributed by atoms with Crippen LogP contribution in [-0.4, -0.2) is 25.0 Å². The van der Waals surface area contributed by atoms with E-state index in [2.05, 4.69) is 10.1 Å². The number of carbonyl (C=O) groups excluding carboxylic acids is 1. The minimum Gasteiger partial charge on any atom is -0.406 e. The predicted octanol–water partition coefficient (Wildman–Crippen LogP) is 2.70. The lowest BCUT2D eigenvalue weighted by Gasteiger charge is -2.12. The van der Waals surface area contributed by atoms with Crippen LogP contribution in [-0.2, 0) is 9.53 Å². The van der Waals surface area contributed by atoms with Gasteiger partial charge in [0.15, 0.2) is 0 Å². The second-order valence-electron chi connectivity index (χ2n) is 4.07. The molecular formula is C12H12F3NO3. The molecule has 1 saturated heterocycles. The van der Waals surface area contributed by atoms with Crippen LogP contribution in [0.2, 0.25) is 0 Å². The lowest BCUT2D eigenvalue weighted by atomic mass is 10.2. The molecule has 0 radical (unpaired) electrons. The van der Waals surface area contributed by atoms with Gasteiger partial charge in [-0.2, -0.15) is 0 Å². The third kappa shape index (κ3) is 4.13. The number of halogens is 3. The van der Waals surface area contributed by atoms with Crippen molar-refractivity contribution in [2.75, 3.05) is 11.9 Å². The molecule has 104 valence electrons. The van der Waals surface area contributed by atoms with E-state index in [-0.39, 0.29) is 17.3 Å². The number of benzene rings is 1. The number of amides is 1. The summed E-state index contributed by atoms with van der Waals surface area (Å²) >= 11 is 0. The van der Waals surface area contributed by atoms with Gasteiger partial charge in [0, 0.05) is 18.4 Å². The van der Waals surface area contributed by atoms with Crippen LogP contribution in [0.25, 0.3) is 0 Å². The van der Waals surface area contributed by atoms with Gasteiger partial charge in [-0.05, 0) is 25.0 Å². The van der Waals surface area contributed by atoms with E-state index in [1.165, 1.54) is 12.1 Å². The third-order valence-electron chi connectivity index (χ3n) is 2.56. The molecule has 19 heavy (non-hydrogen) atoms. The maximum absolute atomic E-state index is 12.1. The zero-order valence-electron chi connectivity index (χ0n) is 9.87. The van der Waals surface area contributed by atoms with Crippen molar-refractivity contribution in [3.63, 3.8) is 0 Å². The van der Waals surface area contributed by atoms with Crippen molar-refractivity contribution in [1.82, 2.24) is 0 Å².